The molecule has 5 nitrogen and oxygen atoms in total. The van der Waals surface area contributed by atoms with E-state index < -0.39 is 23.4 Å². The topological polar surface area (TPSA) is 70.8 Å². The molecule has 0 fully saturated rings. The zero-order chi connectivity index (χ0) is 16.2. The van der Waals surface area contributed by atoms with E-state index in [4.69, 9.17) is 19.9 Å². The molecule has 1 aromatic rings. The molecule has 1 aromatic carbocycles. The van der Waals surface area contributed by atoms with Gasteiger partial charge in [-0.25, -0.2) is 9.18 Å². The van der Waals surface area contributed by atoms with Crippen molar-refractivity contribution in [3.63, 3.8) is 0 Å². The van der Waals surface area contributed by atoms with Crippen LogP contribution in [0, 0.1) is 5.82 Å². The van der Waals surface area contributed by atoms with Gasteiger partial charge in [0.15, 0.2) is 5.60 Å². The van der Waals surface area contributed by atoms with Crippen molar-refractivity contribution in [3.05, 3.63) is 28.0 Å². The molecule has 0 aliphatic carbocycles. The van der Waals surface area contributed by atoms with E-state index in [1.807, 2.05) is 0 Å². The van der Waals surface area contributed by atoms with Crippen LogP contribution in [0.3, 0.4) is 0 Å². The van der Waals surface area contributed by atoms with E-state index in [0.29, 0.717) is 11.3 Å². The van der Waals surface area contributed by atoms with E-state index in [9.17, 15) is 9.18 Å². The van der Waals surface area contributed by atoms with Crippen molar-refractivity contribution in [2.45, 2.75) is 25.0 Å². The first-order valence-electron chi connectivity index (χ1n) is 6.30. The van der Waals surface area contributed by atoms with Gasteiger partial charge >= 0.3 is 5.97 Å². The van der Waals surface area contributed by atoms with Crippen molar-refractivity contribution >= 4 is 21.9 Å². The molecule has 0 saturated heterocycles. The van der Waals surface area contributed by atoms with E-state index in [-0.39, 0.29) is 10.9 Å². The minimum Gasteiger partial charge on any atom is -0.496 e. The molecule has 0 aliphatic heterocycles. The van der Waals surface area contributed by atoms with Gasteiger partial charge in [-0.05, 0) is 34.5 Å². The second-order valence-electron chi connectivity index (χ2n) is 4.42. The fourth-order valence-corrected chi connectivity index (χ4v) is 2.56. The number of ether oxygens (including phenoxy) is 3. The molecule has 0 aliphatic rings. The molecule has 0 radical (unpaired) electrons. The third kappa shape index (κ3) is 3.20. The van der Waals surface area contributed by atoms with Crippen LogP contribution in [0.5, 0.6) is 5.75 Å². The monoisotopic (exact) mass is 363 g/mol. The van der Waals surface area contributed by atoms with Crippen molar-refractivity contribution in [1.82, 2.24) is 0 Å². The van der Waals surface area contributed by atoms with Gasteiger partial charge in [-0.15, -0.1) is 0 Å². The van der Waals surface area contributed by atoms with Crippen LogP contribution >= 0.6 is 15.9 Å². The smallest absolute Gasteiger partial charge is 0.340 e. The Morgan fingerprint density at radius 1 is 1.43 bits per heavy atom. The van der Waals surface area contributed by atoms with Gasteiger partial charge in [0, 0.05) is 12.7 Å². The molecule has 7 heteroatoms. The Hall–Kier alpha value is -1.18. The largest absolute Gasteiger partial charge is 0.496 e. The normalized spacial score (nSPS) is 15.2. The van der Waals surface area contributed by atoms with Crippen molar-refractivity contribution in [2.75, 3.05) is 21.3 Å². The molecule has 0 aromatic heterocycles. The molecule has 1 unspecified atom stereocenters. The van der Waals surface area contributed by atoms with Crippen LogP contribution in [-0.2, 0) is 14.3 Å². The fourth-order valence-electron chi connectivity index (χ4n) is 2.23. The summed E-state index contributed by atoms with van der Waals surface area (Å²) in [7, 11) is 4.05. The molecule has 0 heterocycles. The Morgan fingerprint density at radius 2 is 2.05 bits per heavy atom. The highest BCUT2D eigenvalue weighted by Gasteiger charge is 2.46. The molecule has 2 N–H and O–H groups in total. The number of carbonyl (C=O) groups is 1. The molecule has 21 heavy (non-hydrogen) atoms. The standard InChI is InChI=1S/C14H19BrFNO4/c1-5-14(21-4,13(18)20-3)12(17)8-6-10(16)9(15)7-11(8)19-2/h6-7,12H,5,17H2,1-4H3/t12-,14?/m0/s1. The maximum Gasteiger partial charge on any atom is 0.340 e. The summed E-state index contributed by atoms with van der Waals surface area (Å²) in [6, 6.07) is 1.73. The van der Waals surface area contributed by atoms with Crippen LogP contribution < -0.4 is 10.5 Å². The Morgan fingerprint density at radius 3 is 2.48 bits per heavy atom. The third-order valence-corrected chi connectivity index (χ3v) is 4.14. The Balaban J connectivity index is 3.43. The van der Waals surface area contributed by atoms with Gasteiger partial charge in [0.2, 0.25) is 0 Å². The minimum absolute atomic E-state index is 0.243. The second kappa shape index (κ2) is 7.20. The van der Waals surface area contributed by atoms with Crippen LogP contribution in [0.1, 0.15) is 24.9 Å². The highest BCUT2D eigenvalue weighted by molar-refractivity contribution is 9.10. The third-order valence-electron chi connectivity index (χ3n) is 3.53. The summed E-state index contributed by atoms with van der Waals surface area (Å²) in [5, 5.41) is 0. The number of rotatable bonds is 6. The summed E-state index contributed by atoms with van der Waals surface area (Å²) in [5.74, 6) is -0.771. The predicted octanol–water partition coefficient (Wildman–Crippen LogP) is 2.56. The zero-order valence-electron chi connectivity index (χ0n) is 12.4. The Labute approximate surface area is 131 Å². The molecular formula is C14H19BrFNO4. The van der Waals surface area contributed by atoms with E-state index in [1.54, 1.807) is 6.92 Å². The van der Waals surface area contributed by atoms with Gasteiger partial charge in [-0.1, -0.05) is 6.92 Å². The fraction of sp³-hybridized carbons (Fsp3) is 0.500. The lowest BCUT2D eigenvalue weighted by Gasteiger charge is -2.34. The van der Waals surface area contributed by atoms with E-state index in [0.717, 1.165) is 0 Å². The van der Waals surface area contributed by atoms with Gasteiger partial charge in [-0.2, -0.15) is 0 Å². The van der Waals surface area contributed by atoms with E-state index in [2.05, 4.69) is 15.9 Å². The highest BCUT2D eigenvalue weighted by atomic mass is 79.9. The summed E-state index contributed by atoms with van der Waals surface area (Å²) >= 11 is 3.08. The van der Waals surface area contributed by atoms with Crippen LogP contribution in [-0.4, -0.2) is 32.9 Å². The van der Waals surface area contributed by atoms with Crippen molar-refractivity contribution in [3.8, 4) is 5.75 Å². The number of methoxy groups -OCH3 is 3. The van der Waals surface area contributed by atoms with E-state index >= 15 is 0 Å². The second-order valence-corrected chi connectivity index (χ2v) is 5.28. The van der Waals surface area contributed by atoms with E-state index in [1.165, 1.54) is 33.5 Å². The van der Waals surface area contributed by atoms with Crippen molar-refractivity contribution < 1.29 is 23.4 Å². The molecule has 0 saturated carbocycles. The van der Waals surface area contributed by atoms with Crippen LogP contribution in [0.2, 0.25) is 0 Å². The first-order chi connectivity index (χ1) is 9.87. The summed E-state index contributed by atoms with van der Waals surface area (Å²) in [6.07, 6.45) is 0.262. The number of hydrogen-bond donors (Lipinski definition) is 1. The maximum atomic E-state index is 13.8. The molecule has 0 bridgehead atoms. The minimum atomic E-state index is -1.41. The van der Waals surface area contributed by atoms with Crippen molar-refractivity contribution in [2.24, 2.45) is 5.73 Å². The number of nitrogens with two attached hydrogens (primary N) is 1. The van der Waals surface area contributed by atoms with Crippen LogP contribution in [0.25, 0.3) is 0 Å². The first kappa shape index (κ1) is 17.9. The number of hydrogen-bond acceptors (Lipinski definition) is 5. The quantitative estimate of drug-likeness (QED) is 0.786. The molecule has 2 atom stereocenters. The van der Waals surface area contributed by atoms with Gasteiger partial charge in [0.1, 0.15) is 11.6 Å². The zero-order valence-corrected chi connectivity index (χ0v) is 14.0. The van der Waals surface area contributed by atoms with Gasteiger partial charge in [0.25, 0.3) is 0 Å². The number of carbonyl (C=O) groups excluding carboxylic acids is 1. The molecule has 0 spiro atoms. The van der Waals surface area contributed by atoms with Crippen LogP contribution in [0.4, 0.5) is 4.39 Å². The lowest BCUT2D eigenvalue weighted by Crippen LogP contribution is -2.50. The summed E-state index contributed by atoms with van der Waals surface area (Å²) < 4.78 is 29.4. The van der Waals surface area contributed by atoms with Gasteiger partial charge in [0.05, 0.1) is 24.7 Å². The Kier molecular flexibility index (Phi) is 6.12. The van der Waals surface area contributed by atoms with Gasteiger partial charge in [-0.3, -0.25) is 0 Å². The predicted molar refractivity (Wildman–Crippen MR) is 79.6 cm³/mol. The van der Waals surface area contributed by atoms with Crippen LogP contribution in [0.15, 0.2) is 16.6 Å². The van der Waals surface area contributed by atoms with Crippen molar-refractivity contribution in [1.29, 1.82) is 0 Å². The maximum absolute atomic E-state index is 13.8. The number of halogens is 2. The van der Waals surface area contributed by atoms with Gasteiger partial charge < -0.3 is 19.9 Å². The Bertz CT molecular complexity index is 520. The average Bonchev–Trinajstić information content (AvgIpc) is 2.50. The summed E-state index contributed by atoms with van der Waals surface area (Å²) in [4.78, 5) is 12.1. The number of benzene rings is 1. The molecule has 1 rings (SSSR count). The molecule has 118 valence electrons. The lowest BCUT2D eigenvalue weighted by atomic mass is 9.86. The lowest BCUT2D eigenvalue weighted by molar-refractivity contribution is -0.169. The molecular weight excluding hydrogens is 345 g/mol. The number of esters is 1. The average molecular weight is 364 g/mol. The SMILES string of the molecule is CCC(OC)(C(=O)OC)[C@@H](N)c1cc(F)c(Br)cc1OC. The molecule has 0 amide bonds. The summed E-state index contributed by atoms with van der Waals surface area (Å²) in [6.45, 7) is 1.74. The summed E-state index contributed by atoms with van der Waals surface area (Å²) in [5.41, 5.74) is 5.09. The first-order valence-corrected chi connectivity index (χ1v) is 7.09. The highest BCUT2D eigenvalue weighted by Crippen LogP contribution is 2.38.